The summed E-state index contributed by atoms with van der Waals surface area (Å²) in [7, 11) is 3.57. The molecule has 0 N–H and O–H groups in total. The fourth-order valence-electron chi connectivity index (χ4n) is 4.49. The van der Waals surface area contributed by atoms with E-state index in [0.717, 1.165) is 38.3 Å². The van der Waals surface area contributed by atoms with Gasteiger partial charge in [0.25, 0.3) is 5.91 Å². The van der Waals surface area contributed by atoms with E-state index < -0.39 is 5.54 Å². The number of rotatable bonds is 6. The smallest absolute Gasteiger partial charge is 0.270 e. The first-order valence-corrected chi connectivity index (χ1v) is 10.1. The van der Waals surface area contributed by atoms with E-state index in [9.17, 15) is 4.79 Å². The molecule has 2 aromatic rings. The molecule has 2 aromatic heterocycles. The second-order valence-electron chi connectivity index (χ2n) is 7.68. The molecule has 1 atom stereocenters. The lowest BCUT2D eigenvalue weighted by atomic mass is 9.85. The number of amides is 1. The molecule has 2 saturated heterocycles. The maximum absolute atomic E-state index is 13.3. The van der Waals surface area contributed by atoms with Crippen LogP contribution >= 0.6 is 0 Å². The fraction of sp³-hybridized carbons (Fsp3) is 0.684. The Morgan fingerprint density at radius 2 is 2.14 bits per heavy atom. The minimum absolute atomic E-state index is 0.0470. The molecule has 2 fully saturated rings. The number of tetrazole rings is 1. The fourth-order valence-corrected chi connectivity index (χ4v) is 4.49. The summed E-state index contributed by atoms with van der Waals surface area (Å²) in [5.74, 6) is 0.853. The van der Waals surface area contributed by atoms with Crippen LogP contribution in [0.25, 0.3) is 0 Å². The number of ether oxygens (including phenoxy) is 2. The number of hydrogen-bond acceptors (Lipinski definition) is 7. The van der Waals surface area contributed by atoms with Crippen molar-refractivity contribution in [2.45, 2.75) is 24.9 Å². The van der Waals surface area contributed by atoms with Gasteiger partial charge in [-0.15, -0.1) is 5.10 Å². The highest BCUT2D eigenvalue weighted by Gasteiger charge is 2.47. The summed E-state index contributed by atoms with van der Waals surface area (Å²) in [5.41, 5.74) is 0.266. The van der Waals surface area contributed by atoms with Crippen molar-refractivity contribution in [2.24, 2.45) is 7.05 Å². The van der Waals surface area contributed by atoms with Crippen LogP contribution in [0.5, 0.6) is 0 Å². The number of piperidine rings is 1. The van der Waals surface area contributed by atoms with Gasteiger partial charge in [0.15, 0.2) is 5.82 Å². The molecule has 10 heteroatoms. The molecule has 0 spiro atoms. The third kappa shape index (κ3) is 3.79. The molecular formula is C19H29N7O3. The van der Waals surface area contributed by atoms with Gasteiger partial charge in [0.1, 0.15) is 11.2 Å². The molecule has 0 aromatic carbocycles. The lowest BCUT2D eigenvalue weighted by Crippen LogP contribution is -2.61. The van der Waals surface area contributed by atoms with Crippen LogP contribution in [0, 0.1) is 0 Å². The zero-order valence-electron chi connectivity index (χ0n) is 17.2. The maximum atomic E-state index is 13.3. The number of aromatic nitrogens is 5. The molecule has 0 radical (unpaired) electrons. The van der Waals surface area contributed by atoms with E-state index in [4.69, 9.17) is 9.47 Å². The summed E-state index contributed by atoms with van der Waals surface area (Å²) in [5, 5.41) is 12.6. The lowest BCUT2D eigenvalue weighted by molar-refractivity contribution is -0.0574. The molecule has 1 amide bonds. The Balaban J connectivity index is 1.68. The minimum Gasteiger partial charge on any atom is -0.383 e. The summed E-state index contributed by atoms with van der Waals surface area (Å²) in [6, 6.07) is 3.77. The van der Waals surface area contributed by atoms with Crippen molar-refractivity contribution in [2.75, 3.05) is 53.1 Å². The Kier molecular flexibility index (Phi) is 5.93. The molecule has 158 valence electrons. The Hall–Kier alpha value is -2.30. The van der Waals surface area contributed by atoms with Crippen LogP contribution in [0.3, 0.4) is 0 Å². The van der Waals surface area contributed by atoms with Crippen molar-refractivity contribution in [1.82, 2.24) is 34.6 Å². The number of methoxy groups -OCH3 is 1. The Bertz CT molecular complexity index is 829. The van der Waals surface area contributed by atoms with E-state index in [1.165, 1.54) is 0 Å². The van der Waals surface area contributed by atoms with Crippen molar-refractivity contribution in [3.63, 3.8) is 0 Å². The molecule has 2 aliphatic rings. The van der Waals surface area contributed by atoms with Gasteiger partial charge in [-0.05, 0) is 35.4 Å². The van der Waals surface area contributed by atoms with E-state index in [1.807, 2.05) is 39.5 Å². The Morgan fingerprint density at radius 1 is 1.31 bits per heavy atom. The van der Waals surface area contributed by atoms with Crippen LogP contribution in [0.15, 0.2) is 18.3 Å². The number of morpholine rings is 1. The number of hydrogen-bond donors (Lipinski definition) is 0. The van der Waals surface area contributed by atoms with Crippen LogP contribution in [-0.4, -0.2) is 93.6 Å². The molecule has 1 unspecified atom stereocenters. The quantitative estimate of drug-likeness (QED) is 0.677. The van der Waals surface area contributed by atoms with Crippen LogP contribution in [0.2, 0.25) is 0 Å². The summed E-state index contributed by atoms with van der Waals surface area (Å²) in [6.07, 6.45) is 3.69. The summed E-state index contributed by atoms with van der Waals surface area (Å²) >= 11 is 0. The SMILES string of the molecule is COCCn1nnnc1C1(N2CCOCC2)CCCN(C(=O)c2cccn2C)C1. The zero-order chi connectivity index (χ0) is 20.3. The number of carbonyl (C=O) groups is 1. The third-order valence-corrected chi connectivity index (χ3v) is 5.99. The number of nitrogens with zero attached hydrogens (tertiary/aromatic N) is 7. The lowest BCUT2D eigenvalue weighted by Gasteiger charge is -2.49. The van der Waals surface area contributed by atoms with Crippen LogP contribution < -0.4 is 0 Å². The summed E-state index contributed by atoms with van der Waals surface area (Å²) in [6.45, 7) is 5.34. The molecule has 0 bridgehead atoms. The van der Waals surface area contributed by atoms with Gasteiger partial charge in [-0.1, -0.05) is 0 Å². The first kappa shape index (κ1) is 20.0. The minimum atomic E-state index is -0.430. The Morgan fingerprint density at radius 3 is 2.86 bits per heavy atom. The topological polar surface area (TPSA) is 90.5 Å². The molecule has 29 heavy (non-hydrogen) atoms. The van der Waals surface area contributed by atoms with Crippen LogP contribution in [-0.2, 0) is 28.6 Å². The van der Waals surface area contributed by atoms with Gasteiger partial charge in [-0.2, -0.15) is 0 Å². The van der Waals surface area contributed by atoms with Gasteiger partial charge < -0.3 is 18.9 Å². The highest BCUT2D eigenvalue weighted by atomic mass is 16.5. The number of likely N-dealkylation sites (tertiary alicyclic amines) is 1. The second-order valence-corrected chi connectivity index (χ2v) is 7.68. The van der Waals surface area contributed by atoms with Gasteiger partial charge in [0.05, 0.1) is 26.4 Å². The first-order chi connectivity index (χ1) is 14.2. The van der Waals surface area contributed by atoms with E-state index in [2.05, 4.69) is 20.4 Å². The van der Waals surface area contributed by atoms with Crippen molar-refractivity contribution >= 4 is 5.91 Å². The number of aryl methyl sites for hydroxylation is 1. The van der Waals surface area contributed by atoms with Crippen LogP contribution in [0.4, 0.5) is 0 Å². The first-order valence-electron chi connectivity index (χ1n) is 10.1. The third-order valence-electron chi connectivity index (χ3n) is 5.99. The summed E-state index contributed by atoms with van der Waals surface area (Å²) in [4.78, 5) is 17.6. The standard InChI is InChI=1S/C19H29N7O3/c1-23-7-3-5-16(23)17(27)24-8-4-6-19(15-24,25-9-13-29-14-10-25)18-20-21-22-26(18)11-12-28-2/h3,5,7H,4,6,8-15H2,1-2H3. The van der Waals surface area contributed by atoms with E-state index in [1.54, 1.807) is 7.11 Å². The normalized spacial score (nSPS) is 23.4. The predicted octanol–water partition coefficient (Wildman–Crippen LogP) is 0.122. The van der Waals surface area contributed by atoms with Crippen molar-refractivity contribution in [3.05, 3.63) is 29.8 Å². The molecule has 4 heterocycles. The monoisotopic (exact) mass is 403 g/mol. The second kappa shape index (κ2) is 8.60. The predicted molar refractivity (Wildman–Crippen MR) is 104 cm³/mol. The van der Waals surface area contributed by atoms with Crippen molar-refractivity contribution < 1.29 is 14.3 Å². The average Bonchev–Trinajstić information content (AvgIpc) is 3.41. The van der Waals surface area contributed by atoms with Gasteiger partial charge in [-0.3, -0.25) is 9.69 Å². The van der Waals surface area contributed by atoms with Gasteiger partial charge in [-0.25, -0.2) is 4.68 Å². The summed E-state index contributed by atoms with van der Waals surface area (Å²) < 4.78 is 14.5. The molecular weight excluding hydrogens is 374 g/mol. The highest BCUT2D eigenvalue weighted by Crippen LogP contribution is 2.37. The largest absolute Gasteiger partial charge is 0.383 e. The van der Waals surface area contributed by atoms with Gasteiger partial charge in [0, 0.05) is 46.5 Å². The van der Waals surface area contributed by atoms with E-state index >= 15 is 0 Å². The van der Waals surface area contributed by atoms with E-state index in [0.29, 0.717) is 38.6 Å². The number of carbonyl (C=O) groups excluding carboxylic acids is 1. The van der Waals surface area contributed by atoms with E-state index in [-0.39, 0.29) is 5.91 Å². The van der Waals surface area contributed by atoms with Crippen molar-refractivity contribution in [1.29, 1.82) is 0 Å². The van der Waals surface area contributed by atoms with Crippen molar-refractivity contribution in [3.8, 4) is 0 Å². The maximum Gasteiger partial charge on any atom is 0.270 e. The average molecular weight is 403 g/mol. The van der Waals surface area contributed by atoms with Gasteiger partial charge in [0.2, 0.25) is 0 Å². The molecule has 2 aliphatic heterocycles. The molecule has 4 rings (SSSR count). The zero-order valence-corrected chi connectivity index (χ0v) is 17.2. The van der Waals surface area contributed by atoms with Crippen LogP contribution in [0.1, 0.15) is 29.2 Å². The van der Waals surface area contributed by atoms with Gasteiger partial charge >= 0.3 is 0 Å². The molecule has 10 nitrogen and oxygen atoms in total. The highest BCUT2D eigenvalue weighted by molar-refractivity contribution is 5.92. The Labute approximate surface area is 170 Å². The molecule has 0 saturated carbocycles. The molecule has 0 aliphatic carbocycles.